The van der Waals surface area contributed by atoms with Crippen molar-refractivity contribution in [2.24, 2.45) is 0 Å². The predicted octanol–water partition coefficient (Wildman–Crippen LogP) is 1.53. The van der Waals surface area contributed by atoms with Gasteiger partial charge in [0.25, 0.3) is 0 Å². The average molecular weight is 259 g/mol. The second-order valence-corrected chi connectivity index (χ2v) is 5.46. The van der Waals surface area contributed by atoms with E-state index in [1.807, 2.05) is 0 Å². The van der Waals surface area contributed by atoms with Gasteiger partial charge in [-0.25, -0.2) is 0 Å². The highest BCUT2D eigenvalue weighted by Gasteiger charge is 2.39. The number of unbranched alkanes of at least 4 members (excludes halogenated alkanes) is 7. The number of hydrogen-bond acceptors (Lipinski definition) is 4. The van der Waals surface area contributed by atoms with E-state index < -0.39 is 18.4 Å². The Balaban J connectivity index is 1.95. The molecule has 0 unspecified atom stereocenters. The molecule has 0 radical (unpaired) electrons. The molecule has 1 aliphatic rings. The van der Waals surface area contributed by atoms with Gasteiger partial charge in [0.1, 0.15) is 12.3 Å². The molecule has 1 fully saturated rings. The topological polar surface area (TPSA) is 72.7 Å². The molecule has 0 bridgehead atoms. The quantitative estimate of drug-likeness (QED) is 0.474. The molecule has 0 spiro atoms. The highest BCUT2D eigenvalue weighted by molar-refractivity contribution is 4.92. The minimum absolute atomic E-state index is 0.157. The molecule has 4 nitrogen and oxygen atoms in total. The lowest BCUT2D eigenvalue weighted by Gasteiger charge is -2.15. The van der Waals surface area contributed by atoms with E-state index in [1.165, 1.54) is 44.9 Å². The van der Waals surface area contributed by atoms with Gasteiger partial charge in [-0.2, -0.15) is 0 Å². The fraction of sp³-hybridized carbons (Fsp3) is 1.00. The number of aliphatic hydroxyl groups excluding tert-OH is 3. The first-order valence-corrected chi connectivity index (χ1v) is 7.47. The van der Waals surface area contributed by atoms with Crippen LogP contribution < -0.4 is 5.32 Å². The number of aliphatic hydroxyl groups is 3. The highest BCUT2D eigenvalue weighted by Crippen LogP contribution is 2.18. The molecule has 1 rings (SSSR count). The van der Waals surface area contributed by atoms with Crippen LogP contribution in [0, 0.1) is 0 Å². The van der Waals surface area contributed by atoms with Crippen LogP contribution in [-0.2, 0) is 0 Å². The van der Waals surface area contributed by atoms with Crippen molar-refractivity contribution in [3.05, 3.63) is 0 Å². The fourth-order valence-corrected chi connectivity index (χ4v) is 2.59. The molecule has 18 heavy (non-hydrogen) atoms. The van der Waals surface area contributed by atoms with Gasteiger partial charge in [-0.15, -0.1) is 0 Å². The highest BCUT2D eigenvalue weighted by atomic mass is 16.4. The van der Waals surface area contributed by atoms with Crippen molar-refractivity contribution in [1.82, 2.24) is 5.32 Å². The van der Waals surface area contributed by atoms with Gasteiger partial charge in [0.05, 0.1) is 6.10 Å². The van der Waals surface area contributed by atoms with Crippen molar-refractivity contribution in [2.75, 3.05) is 0 Å². The molecule has 0 aromatic carbocycles. The van der Waals surface area contributed by atoms with E-state index in [0.717, 1.165) is 12.8 Å². The van der Waals surface area contributed by atoms with Crippen molar-refractivity contribution in [2.45, 2.75) is 89.2 Å². The van der Waals surface area contributed by atoms with Gasteiger partial charge in [-0.1, -0.05) is 58.3 Å². The summed E-state index contributed by atoms with van der Waals surface area (Å²) in [5.74, 6) is 0. The molecular formula is C14H29NO3. The standard InChI is InChI=1S/C14H29NO3/c1-2-3-4-5-6-7-8-9-10-11-12(16)13(17)14(18)15-11/h11-18H,2-10H2,1H3/t11-,12-,13+,14-/m0/s1. The predicted molar refractivity (Wildman–Crippen MR) is 72.2 cm³/mol. The zero-order chi connectivity index (χ0) is 13.4. The van der Waals surface area contributed by atoms with Crippen LogP contribution in [0.4, 0.5) is 0 Å². The lowest BCUT2D eigenvalue weighted by atomic mass is 10.0. The van der Waals surface area contributed by atoms with Gasteiger partial charge in [0.2, 0.25) is 0 Å². The summed E-state index contributed by atoms with van der Waals surface area (Å²) in [6.45, 7) is 2.22. The minimum Gasteiger partial charge on any atom is -0.389 e. The van der Waals surface area contributed by atoms with Gasteiger partial charge in [0.15, 0.2) is 0 Å². The summed E-state index contributed by atoms with van der Waals surface area (Å²) in [7, 11) is 0. The number of nitrogens with one attached hydrogen (secondary N) is 1. The molecular weight excluding hydrogens is 230 g/mol. The van der Waals surface area contributed by atoms with Crippen LogP contribution in [0.15, 0.2) is 0 Å². The van der Waals surface area contributed by atoms with Crippen LogP contribution in [0.3, 0.4) is 0 Å². The van der Waals surface area contributed by atoms with E-state index in [0.29, 0.717) is 0 Å². The van der Waals surface area contributed by atoms with Crippen molar-refractivity contribution in [1.29, 1.82) is 0 Å². The lowest BCUT2D eigenvalue weighted by molar-refractivity contribution is -0.0241. The molecule has 1 saturated heterocycles. The Kier molecular flexibility index (Phi) is 7.82. The minimum atomic E-state index is -1.04. The summed E-state index contributed by atoms with van der Waals surface area (Å²) >= 11 is 0. The van der Waals surface area contributed by atoms with Gasteiger partial charge in [-0.3, -0.25) is 5.32 Å². The van der Waals surface area contributed by atoms with Crippen LogP contribution in [0.2, 0.25) is 0 Å². The fourth-order valence-electron chi connectivity index (χ4n) is 2.59. The summed E-state index contributed by atoms with van der Waals surface area (Å²) in [6.07, 6.45) is 8.04. The first-order valence-electron chi connectivity index (χ1n) is 7.47. The maximum atomic E-state index is 9.66. The maximum Gasteiger partial charge on any atom is 0.134 e. The van der Waals surface area contributed by atoms with Crippen molar-refractivity contribution in [3.8, 4) is 0 Å². The Morgan fingerprint density at radius 1 is 0.778 bits per heavy atom. The summed E-state index contributed by atoms with van der Waals surface area (Å²) in [5.41, 5.74) is 0. The SMILES string of the molecule is CCCCCCCCCC[C@@H]1N[C@@H](O)[C@H](O)[C@H]1O. The molecule has 4 atom stereocenters. The molecule has 108 valence electrons. The van der Waals surface area contributed by atoms with Gasteiger partial charge in [-0.05, 0) is 6.42 Å². The smallest absolute Gasteiger partial charge is 0.134 e. The summed E-state index contributed by atoms with van der Waals surface area (Å²) in [4.78, 5) is 0. The summed E-state index contributed by atoms with van der Waals surface area (Å²) in [6, 6.07) is -0.157. The lowest BCUT2D eigenvalue weighted by Crippen LogP contribution is -2.32. The Morgan fingerprint density at radius 3 is 1.83 bits per heavy atom. The maximum absolute atomic E-state index is 9.66. The Labute approximate surface area is 110 Å². The Morgan fingerprint density at radius 2 is 1.33 bits per heavy atom. The average Bonchev–Trinajstić information content (AvgIpc) is 2.60. The molecule has 0 aliphatic carbocycles. The number of rotatable bonds is 9. The van der Waals surface area contributed by atoms with Gasteiger partial charge < -0.3 is 15.3 Å². The largest absolute Gasteiger partial charge is 0.389 e. The monoisotopic (exact) mass is 259 g/mol. The molecule has 0 aromatic heterocycles. The van der Waals surface area contributed by atoms with E-state index in [9.17, 15) is 15.3 Å². The molecule has 0 aromatic rings. The van der Waals surface area contributed by atoms with Crippen LogP contribution >= 0.6 is 0 Å². The normalized spacial score (nSPS) is 32.0. The van der Waals surface area contributed by atoms with Crippen LogP contribution in [-0.4, -0.2) is 39.8 Å². The van der Waals surface area contributed by atoms with Gasteiger partial charge in [0, 0.05) is 6.04 Å². The van der Waals surface area contributed by atoms with Crippen molar-refractivity contribution < 1.29 is 15.3 Å². The third-order valence-corrected chi connectivity index (χ3v) is 3.84. The molecule has 4 N–H and O–H groups in total. The third-order valence-electron chi connectivity index (χ3n) is 3.84. The third kappa shape index (κ3) is 5.22. The number of hydrogen-bond donors (Lipinski definition) is 4. The van der Waals surface area contributed by atoms with E-state index in [2.05, 4.69) is 12.2 Å². The zero-order valence-electron chi connectivity index (χ0n) is 11.5. The molecule has 1 heterocycles. The summed E-state index contributed by atoms with van der Waals surface area (Å²) < 4.78 is 0. The van der Waals surface area contributed by atoms with E-state index in [-0.39, 0.29) is 6.04 Å². The van der Waals surface area contributed by atoms with Crippen LogP contribution in [0.1, 0.15) is 64.7 Å². The van der Waals surface area contributed by atoms with E-state index in [4.69, 9.17) is 0 Å². The van der Waals surface area contributed by atoms with Gasteiger partial charge >= 0.3 is 0 Å². The van der Waals surface area contributed by atoms with Crippen LogP contribution in [0.25, 0.3) is 0 Å². The van der Waals surface area contributed by atoms with E-state index >= 15 is 0 Å². The zero-order valence-corrected chi connectivity index (χ0v) is 11.5. The first kappa shape index (κ1) is 15.9. The van der Waals surface area contributed by atoms with Crippen molar-refractivity contribution >= 4 is 0 Å². The first-order chi connectivity index (χ1) is 8.66. The van der Waals surface area contributed by atoms with Crippen LogP contribution in [0.5, 0.6) is 0 Å². The molecule has 0 amide bonds. The second kappa shape index (κ2) is 8.86. The van der Waals surface area contributed by atoms with E-state index in [1.54, 1.807) is 0 Å². The van der Waals surface area contributed by atoms with Crippen molar-refractivity contribution in [3.63, 3.8) is 0 Å². The Hall–Kier alpha value is -0.160. The molecule has 4 heteroatoms. The molecule has 0 saturated carbocycles. The summed E-state index contributed by atoms with van der Waals surface area (Å²) in [5, 5.41) is 31.2. The Bertz CT molecular complexity index is 213. The second-order valence-electron chi connectivity index (χ2n) is 5.46. The molecule has 1 aliphatic heterocycles.